The Labute approximate surface area is 264 Å². The number of nitrogens with zero attached hydrogens (tertiary/aromatic N) is 4. The van der Waals surface area contributed by atoms with E-state index in [-0.39, 0.29) is 35.1 Å². The van der Waals surface area contributed by atoms with Crippen molar-refractivity contribution in [3.8, 4) is 21.8 Å². The fraction of sp³-hybridized carbons (Fsp3) is 0.382. The van der Waals surface area contributed by atoms with E-state index in [1.54, 1.807) is 15.9 Å². The molecule has 4 aromatic rings. The van der Waals surface area contributed by atoms with Crippen LogP contribution in [0.3, 0.4) is 0 Å². The summed E-state index contributed by atoms with van der Waals surface area (Å²) < 4.78 is 1.94. The van der Waals surface area contributed by atoms with Crippen LogP contribution in [0.15, 0.2) is 48.5 Å². The van der Waals surface area contributed by atoms with E-state index in [4.69, 9.17) is 10.7 Å². The van der Waals surface area contributed by atoms with Gasteiger partial charge in [-0.25, -0.2) is 14.6 Å². The number of imidazole rings is 1. The zero-order valence-electron chi connectivity index (χ0n) is 25.1. The quantitative estimate of drug-likeness (QED) is 0.278. The molecule has 0 unspecified atom stereocenters. The van der Waals surface area contributed by atoms with E-state index in [1.807, 2.05) is 47.0 Å². The third kappa shape index (κ3) is 5.18. The van der Waals surface area contributed by atoms with Crippen LogP contribution in [0.2, 0.25) is 0 Å². The Kier molecular flexibility index (Phi) is 7.43. The lowest BCUT2D eigenvalue weighted by Crippen LogP contribution is -2.52. The molecule has 0 atom stereocenters. The van der Waals surface area contributed by atoms with Gasteiger partial charge in [-0.2, -0.15) is 0 Å². The number of ketones is 1. The van der Waals surface area contributed by atoms with Crippen LogP contribution in [-0.4, -0.2) is 62.4 Å². The van der Waals surface area contributed by atoms with E-state index in [2.05, 4.69) is 6.92 Å². The number of nitrogens with two attached hydrogens (primary N) is 1. The first-order valence-electron chi connectivity index (χ1n) is 15.6. The van der Waals surface area contributed by atoms with Crippen molar-refractivity contribution in [3.63, 3.8) is 0 Å². The lowest BCUT2D eigenvalue weighted by atomic mass is 9.82. The first kappa shape index (κ1) is 29.2. The molecule has 2 aromatic heterocycles. The van der Waals surface area contributed by atoms with Gasteiger partial charge in [0.05, 0.1) is 23.3 Å². The Hall–Kier alpha value is -4.51. The number of primary amides is 1. The van der Waals surface area contributed by atoms with Gasteiger partial charge in [-0.1, -0.05) is 25.1 Å². The molecule has 1 saturated carbocycles. The summed E-state index contributed by atoms with van der Waals surface area (Å²) in [5.74, 6) is -0.0779. The second-order valence-corrected chi connectivity index (χ2v) is 13.6. The first-order chi connectivity index (χ1) is 21.7. The third-order valence-corrected chi connectivity index (χ3v) is 10.9. The molecular weight excluding hydrogens is 590 g/mol. The Bertz CT molecular complexity index is 1840. The largest absolute Gasteiger partial charge is 0.477 e. The topological polar surface area (TPSA) is 139 Å². The average molecular weight is 626 g/mol. The molecule has 3 aliphatic rings. The second kappa shape index (κ2) is 11.4. The number of urea groups is 1. The number of piperidine rings is 1. The normalized spacial score (nSPS) is 20.1. The van der Waals surface area contributed by atoms with E-state index < -0.39 is 12.0 Å². The van der Waals surface area contributed by atoms with E-state index in [9.17, 15) is 24.3 Å². The van der Waals surface area contributed by atoms with Gasteiger partial charge in [-0.05, 0) is 80.3 Å². The first-order valence-corrected chi connectivity index (χ1v) is 16.4. The number of carbonyl (C=O) groups is 4. The molecule has 0 bridgehead atoms. The second-order valence-electron chi connectivity index (χ2n) is 12.5. The zero-order chi connectivity index (χ0) is 31.4. The number of carboxylic acids is 1. The van der Waals surface area contributed by atoms with Gasteiger partial charge in [-0.15, -0.1) is 11.3 Å². The molecule has 10 nitrogen and oxygen atoms in total. The minimum absolute atomic E-state index is 0.0396. The number of para-hydroxylation sites is 2. The Morgan fingerprint density at radius 1 is 0.978 bits per heavy atom. The van der Waals surface area contributed by atoms with Crippen LogP contribution in [0.25, 0.3) is 32.9 Å². The molecule has 7 rings (SSSR count). The fourth-order valence-corrected chi connectivity index (χ4v) is 8.18. The molecule has 2 aromatic carbocycles. The number of likely N-dealkylation sites (tertiary alicyclic amines) is 1. The van der Waals surface area contributed by atoms with Crippen molar-refractivity contribution < 1.29 is 24.3 Å². The van der Waals surface area contributed by atoms with Gasteiger partial charge in [0.15, 0.2) is 5.78 Å². The number of amides is 3. The third-order valence-electron chi connectivity index (χ3n) is 9.71. The molecule has 1 aliphatic carbocycles. The summed E-state index contributed by atoms with van der Waals surface area (Å²) in [6.07, 6.45) is 4.48. The van der Waals surface area contributed by atoms with Crippen molar-refractivity contribution in [2.24, 2.45) is 17.6 Å². The number of thiophene rings is 1. The number of Topliss-reactive ketones (excluding diaryl/α,β-unsaturated/α-hetero) is 1. The SMILES string of the molecule is CC1CCC(C(=O)N(c2cc(-c3ccc4c(c3)C(=O)Cn3c-4nc4ccccc43)sc2C(=O)O)C2CCN(C(N)=O)CC2)CC1. The molecule has 232 valence electrons. The lowest BCUT2D eigenvalue weighted by Gasteiger charge is -2.40. The summed E-state index contributed by atoms with van der Waals surface area (Å²) in [6, 6.07) is 14.4. The zero-order valence-corrected chi connectivity index (χ0v) is 25.9. The van der Waals surface area contributed by atoms with Gasteiger partial charge < -0.3 is 25.2 Å². The number of carbonyl (C=O) groups excluding carboxylic acids is 3. The number of rotatable bonds is 5. The highest BCUT2D eigenvalue weighted by Gasteiger charge is 2.38. The van der Waals surface area contributed by atoms with Crippen LogP contribution in [0.4, 0.5) is 10.5 Å². The van der Waals surface area contributed by atoms with Crippen molar-refractivity contribution in [1.82, 2.24) is 14.5 Å². The Balaban J connectivity index is 1.28. The number of aromatic nitrogens is 2. The molecule has 45 heavy (non-hydrogen) atoms. The van der Waals surface area contributed by atoms with E-state index in [1.165, 1.54) is 0 Å². The summed E-state index contributed by atoms with van der Waals surface area (Å²) in [5, 5.41) is 10.4. The van der Waals surface area contributed by atoms with Gasteiger partial charge in [-0.3, -0.25) is 9.59 Å². The maximum atomic E-state index is 14.2. The molecule has 1 saturated heterocycles. The highest BCUT2D eigenvalue weighted by molar-refractivity contribution is 7.18. The van der Waals surface area contributed by atoms with E-state index >= 15 is 0 Å². The Morgan fingerprint density at radius 2 is 1.71 bits per heavy atom. The molecule has 2 fully saturated rings. The van der Waals surface area contributed by atoms with Crippen LogP contribution >= 0.6 is 11.3 Å². The molecular formula is C34H35N5O5S. The fourth-order valence-electron chi connectivity index (χ4n) is 7.19. The van der Waals surface area contributed by atoms with Gasteiger partial charge >= 0.3 is 12.0 Å². The maximum Gasteiger partial charge on any atom is 0.348 e. The molecule has 3 N–H and O–H groups in total. The minimum atomic E-state index is -1.10. The van der Waals surface area contributed by atoms with Crippen molar-refractivity contribution in [2.45, 2.75) is 58.0 Å². The van der Waals surface area contributed by atoms with Crippen LogP contribution in [0, 0.1) is 11.8 Å². The van der Waals surface area contributed by atoms with Gasteiger partial charge in [0.25, 0.3) is 0 Å². The van der Waals surface area contributed by atoms with Gasteiger partial charge in [0.1, 0.15) is 10.7 Å². The highest BCUT2D eigenvalue weighted by atomic mass is 32.1. The van der Waals surface area contributed by atoms with Crippen LogP contribution in [0.1, 0.15) is 65.5 Å². The molecule has 4 heterocycles. The number of carboxylic acid groups (broad SMARTS) is 1. The number of aromatic carboxylic acids is 1. The lowest BCUT2D eigenvalue weighted by molar-refractivity contribution is -0.124. The highest BCUT2D eigenvalue weighted by Crippen LogP contribution is 2.43. The van der Waals surface area contributed by atoms with Crippen molar-refractivity contribution in [1.29, 1.82) is 0 Å². The molecule has 0 radical (unpaired) electrons. The number of hydrogen-bond donors (Lipinski definition) is 2. The number of hydrogen-bond acceptors (Lipinski definition) is 6. The monoisotopic (exact) mass is 625 g/mol. The summed E-state index contributed by atoms with van der Waals surface area (Å²) in [7, 11) is 0. The minimum Gasteiger partial charge on any atom is -0.477 e. The van der Waals surface area contributed by atoms with Crippen molar-refractivity contribution >= 4 is 51.7 Å². The van der Waals surface area contributed by atoms with Gasteiger partial charge in [0, 0.05) is 41.1 Å². The smallest absolute Gasteiger partial charge is 0.348 e. The van der Waals surface area contributed by atoms with Crippen LogP contribution in [-0.2, 0) is 11.3 Å². The number of anilines is 1. The maximum absolute atomic E-state index is 14.2. The molecule has 0 spiro atoms. The van der Waals surface area contributed by atoms with Crippen molar-refractivity contribution in [2.75, 3.05) is 18.0 Å². The average Bonchev–Trinajstić information content (AvgIpc) is 3.64. The number of fused-ring (bicyclic) bond motifs is 5. The standard InChI is InChI=1S/C34H35N5O5S/c1-19-6-8-20(9-7-19)32(41)39(22-12-14-37(15-13-22)34(35)44)27-17-29(45-30(27)33(42)43)21-10-11-23-24(16-21)28(40)18-38-26-5-3-2-4-25(26)36-31(23)38/h2-5,10-11,16-17,19-20,22H,6-9,12-15,18H2,1H3,(H2,35,44)(H,42,43). The summed E-state index contributed by atoms with van der Waals surface area (Å²) in [4.78, 5) is 61.0. The van der Waals surface area contributed by atoms with Crippen LogP contribution in [0.5, 0.6) is 0 Å². The summed E-state index contributed by atoms with van der Waals surface area (Å²) in [5.41, 5.74) is 9.64. The molecule has 2 aliphatic heterocycles. The molecule has 3 amide bonds. The number of benzene rings is 2. The Morgan fingerprint density at radius 3 is 2.42 bits per heavy atom. The van der Waals surface area contributed by atoms with Gasteiger partial charge in [0.2, 0.25) is 5.91 Å². The molecule has 11 heteroatoms. The van der Waals surface area contributed by atoms with E-state index in [0.717, 1.165) is 59.4 Å². The van der Waals surface area contributed by atoms with Crippen molar-refractivity contribution in [3.05, 3.63) is 59.0 Å². The summed E-state index contributed by atoms with van der Waals surface area (Å²) >= 11 is 1.11. The van der Waals surface area contributed by atoms with E-state index in [0.29, 0.717) is 53.5 Å². The predicted molar refractivity (Wildman–Crippen MR) is 173 cm³/mol. The predicted octanol–water partition coefficient (Wildman–Crippen LogP) is 6.03. The summed E-state index contributed by atoms with van der Waals surface area (Å²) in [6.45, 7) is 3.19. The van der Waals surface area contributed by atoms with Crippen LogP contribution < -0.4 is 10.6 Å².